The summed E-state index contributed by atoms with van der Waals surface area (Å²) in [6.07, 6.45) is 7.72. The molecule has 1 saturated carbocycles. The van der Waals surface area contributed by atoms with E-state index in [-0.39, 0.29) is 29.8 Å². The Hall–Kier alpha value is -2.67. The van der Waals surface area contributed by atoms with Gasteiger partial charge in [-0.15, -0.1) is 0 Å². The number of carbonyl (C=O) groups excluding carboxylic acids is 2. The monoisotopic (exact) mass is 385 g/mol. The van der Waals surface area contributed by atoms with Gasteiger partial charge >= 0.3 is 0 Å². The Morgan fingerprint density at radius 2 is 2.07 bits per heavy atom. The predicted octanol–water partition coefficient (Wildman–Crippen LogP) is 2.81. The van der Waals surface area contributed by atoms with Gasteiger partial charge in [0.05, 0.1) is 30.2 Å². The lowest BCUT2D eigenvalue weighted by Crippen LogP contribution is -2.43. The first-order valence-electron chi connectivity index (χ1n) is 9.59. The van der Waals surface area contributed by atoms with Crippen LogP contribution in [0.1, 0.15) is 47.8 Å². The zero-order chi connectivity index (χ0) is 19.9. The predicted molar refractivity (Wildman–Crippen MR) is 104 cm³/mol. The van der Waals surface area contributed by atoms with E-state index in [4.69, 9.17) is 9.15 Å². The van der Waals surface area contributed by atoms with Gasteiger partial charge in [0, 0.05) is 32.3 Å². The number of hydrogen-bond donors (Lipinski definition) is 1. The summed E-state index contributed by atoms with van der Waals surface area (Å²) in [5, 5.41) is 3.03. The van der Waals surface area contributed by atoms with E-state index in [0.29, 0.717) is 12.2 Å². The maximum atomic E-state index is 13.0. The van der Waals surface area contributed by atoms with Crippen LogP contribution in [0.25, 0.3) is 0 Å². The summed E-state index contributed by atoms with van der Waals surface area (Å²) in [5.74, 6) is -0.0709. The lowest BCUT2D eigenvalue weighted by atomic mass is 9.84. The molecule has 7 nitrogen and oxygen atoms in total. The molecule has 1 aliphatic carbocycles. The second-order valence-electron chi connectivity index (χ2n) is 7.21. The van der Waals surface area contributed by atoms with Crippen molar-refractivity contribution in [3.05, 3.63) is 54.2 Å². The molecule has 1 unspecified atom stereocenters. The minimum Gasteiger partial charge on any atom is -0.472 e. The molecule has 3 rings (SSSR count). The van der Waals surface area contributed by atoms with Gasteiger partial charge in [-0.3, -0.25) is 14.6 Å². The van der Waals surface area contributed by atoms with Crippen molar-refractivity contribution in [1.29, 1.82) is 0 Å². The van der Waals surface area contributed by atoms with Crippen LogP contribution in [-0.2, 0) is 9.53 Å². The number of aromatic nitrogens is 1. The number of hydrogen-bond acceptors (Lipinski definition) is 5. The molecule has 0 saturated heterocycles. The summed E-state index contributed by atoms with van der Waals surface area (Å²) < 4.78 is 10.3. The largest absolute Gasteiger partial charge is 0.472 e. The van der Waals surface area contributed by atoms with E-state index in [9.17, 15) is 9.59 Å². The van der Waals surface area contributed by atoms with Crippen LogP contribution in [0.2, 0.25) is 0 Å². The molecule has 1 fully saturated rings. The summed E-state index contributed by atoms with van der Waals surface area (Å²) in [5.41, 5.74) is 1.34. The molecule has 7 heteroatoms. The zero-order valence-electron chi connectivity index (χ0n) is 16.3. The normalized spacial score (nSPS) is 20.4. The molecule has 2 amide bonds. The van der Waals surface area contributed by atoms with Crippen LogP contribution in [0.3, 0.4) is 0 Å². The first kappa shape index (κ1) is 20.1. The minimum atomic E-state index is -0.211. The Balaban J connectivity index is 1.55. The van der Waals surface area contributed by atoms with Crippen LogP contribution >= 0.6 is 0 Å². The fraction of sp³-hybridized carbons (Fsp3) is 0.476. The SMILES string of the molecule is COCC(c1ccccn1)N(C)C(=O)C1CCC(NC(=O)c2ccoc2)CC1. The number of nitrogens with one attached hydrogen (secondary N) is 1. The Morgan fingerprint density at radius 1 is 1.29 bits per heavy atom. The number of ether oxygens (including phenoxy) is 1. The van der Waals surface area contributed by atoms with E-state index in [1.807, 2.05) is 25.2 Å². The van der Waals surface area contributed by atoms with E-state index >= 15 is 0 Å². The van der Waals surface area contributed by atoms with Gasteiger partial charge in [-0.1, -0.05) is 6.07 Å². The summed E-state index contributed by atoms with van der Waals surface area (Å²) in [6.45, 7) is 0.398. The molecule has 1 atom stereocenters. The van der Waals surface area contributed by atoms with Crippen molar-refractivity contribution in [2.75, 3.05) is 20.8 Å². The lowest BCUT2D eigenvalue weighted by Gasteiger charge is -2.34. The minimum absolute atomic E-state index is 0.0462. The van der Waals surface area contributed by atoms with Gasteiger partial charge in [0.2, 0.25) is 5.91 Å². The van der Waals surface area contributed by atoms with E-state index in [0.717, 1.165) is 31.4 Å². The second-order valence-corrected chi connectivity index (χ2v) is 7.21. The fourth-order valence-corrected chi connectivity index (χ4v) is 3.72. The van der Waals surface area contributed by atoms with Crippen molar-refractivity contribution in [2.24, 2.45) is 5.92 Å². The van der Waals surface area contributed by atoms with Crippen LogP contribution in [0, 0.1) is 5.92 Å². The smallest absolute Gasteiger partial charge is 0.254 e. The summed E-state index contributed by atoms with van der Waals surface area (Å²) in [6, 6.07) is 7.20. The van der Waals surface area contributed by atoms with Gasteiger partial charge in [0.1, 0.15) is 6.26 Å². The van der Waals surface area contributed by atoms with Crippen molar-refractivity contribution in [2.45, 2.75) is 37.8 Å². The highest BCUT2D eigenvalue weighted by molar-refractivity contribution is 5.94. The van der Waals surface area contributed by atoms with Crippen molar-refractivity contribution in [3.8, 4) is 0 Å². The third-order valence-corrected chi connectivity index (χ3v) is 5.36. The molecule has 1 aliphatic rings. The van der Waals surface area contributed by atoms with E-state index < -0.39 is 0 Å². The van der Waals surface area contributed by atoms with Crippen molar-refractivity contribution < 1.29 is 18.7 Å². The number of carbonyl (C=O) groups is 2. The Labute approximate surface area is 165 Å². The lowest BCUT2D eigenvalue weighted by molar-refractivity contribution is -0.138. The van der Waals surface area contributed by atoms with Crippen molar-refractivity contribution >= 4 is 11.8 Å². The average molecular weight is 385 g/mol. The number of pyridine rings is 1. The maximum absolute atomic E-state index is 13.0. The van der Waals surface area contributed by atoms with Gasteiger partial charge in [-0.25, -0.2) is 0 Å². The summed E-state index contributed by atoms with van der Waals surface area (Å²) in [7, 11) is 3.44. The summed E-state index contributed by atoms with van der Waals surface area (Å²) in [4.78, 5) is 31.3. The molecule has 2 aromatic heterocycles. The highest BCUT2D eigenvalue weighted by Gasteiger charge is 2.32. The number of likely N-dealkylation sites (N-methyl/N-ethyl adjacent to an activating group) is 1. The first-order chi connectivity index (χ1) is 13.6. The molecule has 0 bridgehead atoms. The van der Waals surface area contributed by atoms with Gasteiger partial charge in [-0.2, -0.15) is 0 Å². The van der Waals surface area contributed by atoms with Crippen LogP contribution in [-0.4, -0.2) is 48.5 Å². The molecule has 0 spiro atoms. The summed E-state index contributed by atoms with van der Waals surface area (Å²) >= 11 is 0. The molecule has 150 valence electrons. The van der Waals surface area contributed by atoms with Crippen LogP contribution in [0.5, 0.6) is 0 Å². The van der Waals surface area contributed by atoms with Crippen LogP contribution < -0.4 is 5.32 Å². The molecular formula is C21H27N3O4. The zero-order valence-corrected chi connectivity index (χ0v) is 16.3. The number of nitrogens with zero attached hydrogens (tertiary/aromatic N) is 2. The van der Waals surface area contributed by atoms with Gasteiger partial charge in [0.15, 0.2) is 0 Å². The maximum Gasteiger partial charge on any atom is 0.254 e. The van der Waals surface area contributed by atoms with Gasteiger partial charge in [-0.05, 0) is 43.9 Å². The molecular weight excluding hydrogens is 358 g/mol. The molecule has 2 heterocycles. The second kappa shape index (κ2) is 9.50. The van der Waals surface area contributed by atoms with Crippen LogP contribution in [0.4, 0.5) is 0 Å². The molecule has 2 aromatic rings. The van der Waals surface area contributed by atoms with E-state index in [2.05, 4.69) is 10.3 Å². The van der Waals surface area contributed by atoms with Gasteiger partial charge < -0.3 is 19.4 Å². The first-order valence-corrected chi connectivity index (χ1v) is 9.59. The molecule has 0 aromatic carbocycles. The third-order valence-electron chi connectivity index (χ3n) is 5.36. The van der Waals surface area contributed by atoms with Crippen molar-refractivity contribution in [1.82, 2.24) is 15.2 Å². The highest BCUT2D eigenvalue weighted by atomic mass is 16.5. The van der Waals surface area contributed by atoms with E-state index in [1.54, 1.807) is 24.3 Å². The Bertz CT molecular complexity index is 755. The number of furan rings is 1. The van der Waals surface area contributed by atoms with Gasteiger partial charge in [0.25, 0.3) is 5.91 Å². The Kier molecular flexibility index (Phi) is 6.81. The molecule has 0 radical (unpaired) electrons. The number of amides is 2. The average Bonchev–Trinajstić information content (AvgIpc) is 3.27. The third kappa shape index (κ3) is 4.78. The van der Waals surface area contributed by atoms with Crippen LogP contribution in [0.15, 0.2) is 47.4 Å². The molecule has 1 N–H and O–H groups in total. The Morgan fingerprint density at radius 3 is 2.68 bits per heavy atom. The molecule has 28 heavy (non-hydrogen) atoms. The topological polar surface area (TPSA) is 84.7 Å². The van der Waals surface area contributed by atoms with E-state index in [1.165, 1.54) is 12.5 Å². The molecule has 0 aliphatic heterocycles. The highest BCUT2D eigenvalue weighted by Crippen LogP contribution is 2.29. The number of rotatable bonds is 7. The standard InChI is InChI=1S/C21H27N3O4/c1-24(19(14-27-2)18-5-3-4-11-22-18)21(26)15-6-8-17(9-7-15)23-20(25)16-10-12-28-13-16/h3-5,10-13,15,17,19H,6-9,14H2,1-2H3,(H,23,25). The quantitative estimate of drug-likeness (QED) is 0.792. The van der Waals surface area contributed by atoms with Crippen molar-refractivity contribution in [3.63, 3.8) is 0 Å². The number of methoxy groups -OCH3 is 1. The fourth-order valence-electron chi connectivity index (χ4n) is 3.72.